The fourth-order valence-corrected chi connectivity index (χ4v) is 9.10. The number of ketones is 1. The van der Waals surface area contributed by atoms with Gasteiger partial charge in [0.05, 0.1) is 29.3 Å². The molecule has 1 aromatic rings. The zero-order valence-corrected chi connectivity index (χ0v) is 35.4. The van der Waals surface area contributed by atoms with Gasteiger partial charge in [-0.3, -0.25) is 9.59 Å². The van der Waals surface area contributed by atoms with E-state index >= 15 is 0 Å². The Kier molecular flexibility index (Phi) is 14.3. The maximum absolute atomic E-state index is 14.8. The minimum absolute atomic E-state index is 0.00455. The van der Waals surface area contributed by atoms with Crippen molar-refractivity contribution in [2.75, 3.05) is 0 Å². The van der Waals surface area contributed by atoms with Crippen molar-refractivity contribution in [1.29, 1.82) is 0 Å². The van der Waals surface area contributed by atoms with Crippen LogP contribution in [0.3, 0.4) is 0 Å². The molecule has 1 aliphatic rings. The van der Waals surface area contributed by atoms with Crippen molar-refractivity contribution in [3.05, 3.63) is 33.8 Å². The fourth-order valence-electron chi connectivity index (χ4n) is 5.62. The monoisotopic (exact) mass is 705 g/mol. The highest BCUT2D eigenvalue weighted by Crippen LogP contribution is 2.44. The summed E-state index contributed by atoms with van der Waals surface area (Å²) in [6.07, 6.45) is 8.53. The summed E-state index contributed by atoms with van der Waals surface area (Å²) in [5.74, 6) is -0.427. The highest BCUT2D eigenvalue weighted by Gasteiger charge is 2.50. The number of esters is 1. The van der Waals surface area contributed by atoms with Gasteiger partial charge in [-0.05, 0) is 86.9 Å². The van der Waals surface area contributed by atoms with Crippen LogP contribution in [0.4, 0.5) is 0 Å². The molecule has 0 aromatic carbocycles. The molecule has 0 amide bonds. The number of hydrogen-bond donors (Lipinski definition) is 0. The van der Waals surface area contributed by atoms with Crippen LogP contribution in [0.25, 0.3) is 6.08 Å². The summed E-state index contributed by atoms with van der Waals surface area (Å²) in [7, 11) is -4.57. The summed E-state index contributed by atoms with van der Waals surface area (Å²) < 4.78 is 20.4. The van der Waals surface area contributed by atoms with Gasteiger partial charge in [-0.15, -0.1) is 11.3 Å². The Balaban J connectivity index is 2.62. The van der Waals surface area contributed by atoms with Crippen LogP contribution >= 0.6 is 11.3 Å². The lowest BCUT2D eigenvalue weighted by molar-refractivity contribution is -0.153. The van der Waals surface area contributed by atoms with Crippen LogP contribution in [0.2, 0.25) is 36.3 Å². The molecule has 6 nitrogen and oxygen atoms in total. The molecule has 0 N–H and O–H groups in total. The number of cyclic esters (lactones) is 1. The standard InChI is InChI=1S/C38H67NO5SSi2/c1-26-21-19-17-18-20-22-31(27(2)23-30-25-45-29(4)39-30)42-33(40)24-32(43-46(13,14)36(5,6)7)38(11,12)35(41)28(3)34(26)44-47(15,16)37(8,9)10/h18,20,23,25-26,28,31-32,34H,17,19,21-22,24H2,1-16H3/t26-,28+,31-,32-,34-/m0/s1. The van der Waals surface area contributed by atoms with E-state index in [4.69, 9.17) is 13.6 Å². The van der Waals surface area contributed by atoms with Crippen LogP contribution in [-0.2, 0) is 23.2 Å². The highest BCUT2D eigenvalue weighted by molar-refractivity contribution is 7.09. The Labute approximate surface area is 293 Å². The minimum atomic E-state index is -2.38. The topological polar surface area (TPSA) is 74.7 Å². The zero-order valence-electron chi connectivity index (χ0n) is 32.6. The van der Waals surface area contributed by atoms with E-state index in [1.165, 1.54) is 0 Å². The smallest absolute Gasteiger partial charge is 0.309 e. The van der Waals surface area contributed by atoms with Gasteiger partial charge >= 0.3 is 5.97 Å². The molecule has 1 aliphatic heterocycles. The lowest BCUT2D eigenvalue weighted by Crippen LogP contribution is -2.54. The molecule has 2 rings (SSSR count). The van der Waals surface area contributed by atoms with E-state index in [9.17, 15) is 9.59 Å². The predicted molar refractivity (Wildman–Crippen MR) is 204 cm³/mol. The van der Waals surface area contributed by atoms with Gasteiger partial charge in [-0.25, -0.2) is 4.98 Å². The highest BCUT2D eigenvalue weighted by atomic mass is 32.1. The van der Waals surface area contributed by atoms with Crippen molar-refractivity contribution in [3.63, 3.8) is 0 Å². The lowest BCUT2D eigenvalue weighted by atomic mass is 9.73. The molecule has 0 saturated heterocycles. The van der Waals surface area contributed by atoms with Gasteiger partial charge in [-0.1, -0.05) is 81.4 Å². The molecule has 5 atom stereocenters. The van der Waals surface area contributed by atoms with Gasteiger partial charge in [0, 0.05) is 23.1 Å². The molecule has 0 bridgehead atoms. The van der Waals surface area contributed by atoms with E-state index in [0.29, 0.717) is 6.42 Å². The first-order valence-corrected chi connectivity index (χ1v) is 24.3. The lowest BCUT2D eigenvalue weighted by Gasteiger charge is -2.46. The zero-order chi connectivity index (χ0) is 36.2. The summed E-state index contributed by atoms with van der Waals surface area (Å²) in [5, 5.41) is 2.94. The van der Waals surface area contributed by atoms with E-state index < -0.39 is 34.3 Å². The maximum atomic E-state index is 14.8. The van der Waals surface area contributed by atoms with Crippen LogP contribution in [0.15, 0.2) is 23.1 Å². The number of ether oxygens (including phenoxy) is 1. The van der Waals surface area contributed by atoms with E-state index in [1.54, 1.807) is 11.3 Å². The van der Waals surface area contributed by atoms with Gasteiger partial charge in [0.2, 0.25) is 0 Å². The van der Waals surface area contributed by atoms with E-state index in [-0.39, 0.29) is 46.2 Å². The molecule has 0 spiro atoms. The Morgan fingerprint density at radius 1 is 1.00 bits per heavy atom. The number of nitrogens with zero attached hydrogens (tertiary/aromatic N) is 1. The molecule has 0 aliphatic carbocycles. The second-order valence-corrected chi connectivity index (χ2v) is 28.1. The molecule has 2 heterocycles. The number of aryl methyl sites for hydroxylation is 1. The van der Waals surface area contributed by atoms with E-state index in [1.807, 2.05) is 46.1 Å². The van der Waals surface area contributed by atoms with Crippen LogP contribution in [0, 0.1) is 24.2 Å². The summed E-state index contributed by atoms with van der Waals surface area (Å²) in [6.45, 7) is 34.4. The average Bonchev–Trinajstić information content (AvgIpc) is 3.33. The number of Topliss-reactive ketones (excluding diaryl/α,β-unsaturated/α-hetero) is 1. The van der Waals surface area contributed by atoms with Crippen molar-refractivity contribution >= 4 is 45.8 Å². The number of thiazole rings is 1. The molecule has 268 valence electrons. The summed E-state index contributed by atoms with van der Waals surface area (Å²) in [6, 6.07) is 0. The number of carbonyl (C=O) groups is 2. The van der Waals surface area contributed by atoms with Crippen molar-refractivity contribution in [1.82, 2.24) is 4.98 Å². The van der Waals surface area contributed by atoms with Crippen molar-refractivity contribution in [2.24, 2.45) is 17.3 Å². The third-order valence-corrected chi connectivity index (χ3v) is 20.8. The van der Waals surface area contributed by atoms with Crippen LogP contribution in [0.1, 0.15) is 119 Å². The molecular weight excluding hydrogens is 639 g/mol. The van der Waals surface area contributed by atoms with Crippen LogP contribution in [0.5, 0.6) is 0 Å². The molecule has 0 unspecified atom stereocenters. The molecule has 0 saturated carbocycles. The number of aromatic nitrogens is 1. The van der Waals surface area contributed by atoms with Gasteiger partial charge in [0.15, 0.2) is 16.6 Å². The third kappa shape index (κ3) is 11.3. The van der Waals surface area contributed by atoms with Gasteiger partial charge in [0.1, 0.15) is 11.9 Å². The minimum Gasteiger partial charge on any atom is -0.457 e. The van der Waals surface area contributed by atoms with Crippen molar-refractivity contribution in [3.8, 4) is 0 Å². The van der Waals surface area contributed by atoms with Gasteiger partial charge < -0.3 is 13.6 Å². The largest absolute Gasteiger partial charge is 0.457 e. The first-order chi connectivity index (χ1) is 21.3. The quantitative estimate of drug-likeness (QED) is 0.167. The van der Waals surface area contributed by atoms with Gasteiger partial charge in [-0.2, -0.15) is 0 Å². The molecule has 0 fully saturated rings. The predicted octanol–water partition coefficient (Wildman–Crippen LogP) is 10.9. The average molecular weight is 706 g/mol. The number of carbonyl (C=O) groups excluding carboxylic acids is 2. The molecule has 0 radical (unpaired) electrons. The van der Waals surface area contributed by atoms with Crippen LogP contribution < -0.4 is 0 Å². The Morgan fingerprint density at radius 3 is 2.11 bits per heavy atom. The number of allylic oxidation sites excluding steroid dienone is 1. The summed E-state index contributed by atoms with van der Waals surface area (Å²) in [4.78, 5) is 33.3. The van der Waals surface area contributed by atoms with Crippen LogP contribution in [-0.4, -0.2) is 51.7 Å². The molecule has 1 aromatic heterocycles. The first kappa shape index (κ1) is 41.8. The number of rotatable bonds is 6. The SMILES string of the molecule is CC(=Cc1csc(C)n1)[C@@H]1CC=CCCC[C@H](C)[C@H](O[Si](C)(C)C(C)(C)C)[C@@H](C)C(=O)C(C)(C)[C@@H](O[Si](C)(C)C(C)(C)C)CC(=O)O1. The Hall–Kier alpha value is -1.40. The summed E-state index contributed by atoms with van der Waals surface area (Å²) >= 11 is 1.60. The third-order valence-electron chi connectivity index (χ3n) is 11.1. The Morgan fingerprint density at radius 2 is 1.57 bits per heavy atom. The Bertz CT molecular complexity index is 1270. The van der Waals surface area contributed by atoms with Crippen molar-refractivity contribution < 1.29 is 23.2 Å². The second kappa shape index (κ2) is 16.1. The molecule has 9 heteroatoms. The van der Waals surface area contributed by atoms with Crippen molar-refractivity contribution in [2.45, 2.75) is 170 Å². The van der Waals surface area contributed by atoms with E-state index in [0.717, 1.165) is 35.5 Å². The first-order valence-electron chi connectivity index (χ1n) is 17.6. The normalized spacial score (nSPS) is 26.7. The fraction of sp³-hybridized carbons (Fsp3) is 0.763. The van der Waals surface area contributed by atoms with E-state index in [2.05, 4.69) is 91.8 Å². The molecule has 47 heavy (non-hydrogen) atoms. The summed E-state index contributed by atoms with van der Waals surface area (Å²) in [5.41, 5.74) is 0.873. The van der Waals surface area contributed by atoms with Gasteiger partial charge in [0.25, 0.3) is 0 Å². The second-order valence-electron chi connectivity index (χ2n) is 17.6. The number of hydrogen-bond acceptors (Lipinski definition) is 7. The molecular formula is C38H67NO5SSi2. The maximum Gasteiger partial charge on any atom is 0.309 e.